The third kappa shape index (κ3) is 5.56. The molecule has 0 radical (unpaired) electrons. The van der Waals surface area contributed by atoms with Crippen LogP contribution in [0.4, 0.5) is 5.69 Å². The number of benzene rings is 2. The molecule has 2 aromatic rings. The lowest BCUT2D eigenvalue weighted by Gasteiger charge is -2.18. The molecular weight excluding hydrogens is 444 g/mol. The second-order valence-electron chi connectivity index (χ2n) is 6.07. The summed E-state index contributed by atoms with van der Waals surface area (Å²) in [5.41, 5.74) is 1.68. The van der Waals surface area contributed by atoms with E-state index in [2.05, 4.69) is 28.2 Å². The Bertz CT molecular complexity index is 910. The molecule has 6 nitrogen and oxygen atoms in total. The van der Waals surface area contributed by atoms with E-state index in [1.807, 2.05) is 18.2 Å². The molecule has 0 spiro atoms. The Balaban J connectivity index is 1.97. The summed E-state index contributed by atoms with van der Waals surface area (Å²) in [5.74, 6) is 0.263. The monoisotopic (exact) mass is 468 g/mol. The van der Waals surface area contributed by atoms with Crippen molar-refractivity contribution in [1.29, 1.82) is 0 Å². The number of nitrogens with one attached hydrogen (secondary N) is 1. The largest absolute Gasteiger partial charge is 0.483 e. The molecule has 0 unspecified atom stereocenters. The lowest BCUT2D eigenvalue weighted by molar-refractivity contribution is -0.118. The highest BCUT2D eigenvalue weighted by Gasteiger charge is 2.21. The molecule has 0 heterocycles. The van der Waals surface area contributed by atoms with E-state index in [0.29, 0.717) is 24.5 Å². The summed E-state index contributed by atoms with van der Waals surface area (Å²) in [6.07, 6.45) is 0.916. The van der Waals surface area contributed by atoms with Crippen LogP contribution in [-0.4, -0.2) is 38.3 Å². The molecule has 152 valence electrons. The van der Waals surface area contributed by atoms with Crippen LogP contribution in [0.5, 0.6) is 5.75 Å². The highest BCUT2D eigenvalue weighted by molar-refractivity contribution is 9.10. The van der Waals surface area contributed by atoms with E-state index in [-0.39, 0.29) is 17.4 Å². The Kier molecular flexibility index (Phi) is 8.03. The van der Waals surface area contributed by atoms with Crippen molar-refractivity contribution in [1.82, 2.24) is 4.31 Å². The number of amides is 1. The van der Waals surface area contributed by atoms with E-state index < -0.39 is 10.0 Å². The minimum absolute atomic E-state index is 0.149. The van der Waals surface area contributed by atoms with Crippen molar-refractivity contribution in [2.24, 2.45) is 0 Å². The molecule has 0 fully saturated rings. The Morgan fingerprint density at radius 1 is 1.07 bits per heavy atom. The van der Waals surface area contributed by atoms with E-state index in [4.69, 9.17) is 4.74 Å². The fraction of sp³-hybridized carbons (Fsp3) is 0.350. The van der Waals surface area contributed by atoms with Gasteiger partial charge in [-0.2, -0.15) is 4.31 Å². The summed E-state index contributed by atoms with van der Waals surface area (Å²) in [6.45, 7) is 6.32. The highest BCUT2D eigenvalue weighted by Crippen LogP contribution is 2.26. The maximum absolute atomic E-state index is 12.5. The van der Waals surface area contributed by atoms with Gasteiger partial charge in [-0.05, 0) is 64.3 Å². The average Bonchev–Trinajstić information content (AvgIpc) is 2.68. The van der Waals surface area contributed by atoms with Gasteiger partial charge in [0.1, 0.15) is 5.75 Å². The van der Waals surface area contributed by atoms with Crippen LogP contribution in [0, 0.1) is 0 Å². The minimum Gasteiger partial charge on any atom is -0.483 e. The number of aryl methyl sites for hydroxylation is 1. The maximum Gasteiger partial charge on any atom is 0.262 e. The van der Waals surface area contributed by atoms with E-state index >= 15 is 0 Å². The van der Waals surface area contributed by atoms with Crippen LogP contribution in [0.15, 0.2) is 51.8 Å². The zero-order valence-corrected chi connectivity index (χ0v) is 18.6. The average molecular weight is 469 g/mol. The molecule has 8 heteroatoms. The van der Waals surface area contributed by atoms with Gasteiger partial charge in [-0.25, -0.2) is 8.42 Å². The Morgan fingerprint density at radius 3 is 2.25 bits per heavy atom. The number of sulfonamides is 1. The summed E-state index contributed by atoms with van der Waals surface area (Å²) in [6, 6.07) is 11.9. The van der Waals surface area contributed by atoms with Crippen LogP contribution < -0.4 is 10.1 Å². The molecule has 2 aromatic carbocycles. The van der Waals surface area contributed by atoms with E-state index in [1.165, 1.54) is 22.0 Å². The first-order valence-electron chi connectivity index (χ1n) is 9.13. The third-order valence-corrected chi connectivity index (χ3v) is 6.93. The molecule has 0 aromatic heterocycles. The van der Waals surface area contributed by atoms with Crippen molar-refractivity contribution in [3.8, 4) is 5.75 Å². The standard InChI is InChI=1S/C20H25BrN2O4S/c1-4-15-7-12-19(18(21)13-15)27-14-20(24)22-16-8-10-17(11-9-16)28(25,26)23(5-2)6-3/h7-13H,4-6,14H2,1-3H3,(H,22,24). The molecule has 1 amide bonds. The predicted molar refractivity (Wildman–Crippen MR) is 114 cm³/mol. The molecule has 0 aliphatic heterocycles. The summed E-state index contributed by atoms with van der Waals surface area (Å²) >= 11 is 3.44. The van der Waals surface area contributed by atoms with E-state index in [0.717, 1.165) is 10.9 Å². The number of carbonyl (C=O) groups is 1. The topological polar surface area (TPSA) is 75.7 Å². The van der Waals surface area contributed by atoms with Gasteiger partial charge in [0.05, 0.1) is 9.37 Å². The number of halogens is 1. The first-order chi connectivity index (χ1) is 13.3. The Hall–Kier alpha value is -1.90. The lowest BCUT2D eigenvalue weighted by Crippen LogP contribution is -2.30. The predicted octanol–water partition coefficient (Wildman–Crippen LogP) is 4.06. The summed E-state index contributed by atoms with van der Waals surface area (Å²) in [4.78, 5) is 12.3. The first-order valence-corrected chi connectivity index (χ1v) is 11.4. The van der Waals surface area contributed by atoms with Crippen molar-refractivity contribution < 1.29 is 17.9 Å². The van der Waals surface area contributed by atoms with Crippen molar-refractivity contribution in [3.05, 3.63) is 52.5 Å². The van der Waals surface area contributed by atoms with Gasteiger partial charge in [-0.1, -0.05) is 26.8 Å². The number of rotatable bonds is 9. The number of anilines is 1. The molecule has 0 bridgehead atoms. The van der Waals surface area contributed by atoms with Gasteiger partial charge in [0.15, 0.2) is 6.61 Å². The molecule has 1 N–H and O–H groups in total. The minimum atomic E-state index is -3.51. The zero-order valence-electron chi connectivity index (χ0n) is 16.2. The highest BCUT2D eigenvalue weighted by atomic mass is 79.9. The number of nitrogens with zero attached hydrogens (tertiary/aromatic N) is 1. The molecule has 0 atom stereocenters. The summed E-state index contributed by atoms with van der Waals surface area (Å²) in [7, 11) is -3.51. The van der Waals surface area contributed by atoms with Crippen LogP contribution in [-0.2, 0) is 21.2 Å². The second-order valence-corrected chi connectivity index (χ2v) is 8.86. The third-order valence-electron chi connectivity index (χ3n) is 4.24. The molecule has 0 saturated heterocycles. The lowest BCUT2D eigenvalue weighted by atomic mass is 10.2. The van der Waals surface area contributed by atoms with Gasteiger partial charge in [0.25, 0.3) is 5.91 Å². The normalized spacial score (nSPS) is 11.5. The summed E-state index contributed by atoms with van der Waals surface area (Å²) < 4.78 is 32.7. The smallest absolute Gasteiger partial charge is 0.262 e. The fourth-order valence-electron chi connectivity index (χ4n) is 2.64. The van der Waals surface area contributed by atoms with Gasteiger partial charge in [0.2, 0.25) is 10.0 Å². The van der Waals surface area contributed by atoms with Gasteiger partial charge in [-0.15, -0.1) is 0 Å². The first kappa shape index (κ1) is 22.4. The number of carbonyl (C=O) groups excluding carboxylic acids is 1. The van der Waals surface area contributed by atoms with Crippen LogP contribution in [0.3, 0.4) is 0 Å². The van der Waals surface area contributed by atoms with Crippen molar-refractivity contribution in [2.75, 3.05) is 25.0 Å². The van der Waals surface area contributed by atoms with Crippen LogP contribution in [0.2, 0.25) is 0 Å². The van der Waals surface area contributed by atoms with Crippen molar-refractivity contribution in [2.45, 2.75) is 32.1 Å². The SMILES string of the molecule is CCc1ccc(OCC(=O)Nc2ccc(S(=O)(=O)N(CC)CC)cc2)c(Br)c1. The van der Waals surface area contributed by atoms with Crippen molar-refractivity contribution in [3.63, 3.8) is 0 Å². The molecule has 0 aliphatic rings. The number of hydrogen-bond acceptors (Lipinski definition) is 4. The number of ether oxygens (including phenoxy) is 1. The van der Waals surface area contributed by atoms with Crippen molar-refractivity contribution >= 4 is 37.5 Å². The van der Waals surface area contributed by atoms with Crippen LogP contribution in [0.25, 0.3) is 0 Å². The fourth-order valence-corrected chi connectivity index (χ4v) is 4.64. The van der Waals surface area contributed by atoms with E-state index in [1.54, 1.807) is 26.0 Å². The van der Waals surface area contributed by atoms with E-state index in [9.17, 15) is 13.2 Å². The second kappa shape index (κ2) is 10.0. The molecule has 28 heavy (non-hydrogen) atoms. The Morgan fingerprint density at radius 2 is 1.71 bits per heavy atom. The number of hydrogen-bond donors (Lipinski definition) is 1. The Labute approximate surface area is 175 Å². The van der Waals surface area contributed by atoms with Gasteiger partial charge >= 0.3 is 0 Å². The van der Waals surface area contributed by atoms with Gasteiger partial charge < -0.3 is 10.1 Å². The maximum atomic E-state index is 12.5. The molecule has 2 rings (SSSR count). The molecule has 0 saturated carbocycles. The van der Waals surface area contributed by atoms with Crippen LogP contribution >= 0.6 is 15.9 Å². The van der Waals surface area contributed by atoms with Gasteiger partial charge in [-0.3, -0.25) is 4.79 Å². The molecule has 0 aliphatic carbocycles. The summed E-state index contributed by atoms with van der Waals surface area (Å²) in [5, 5.41) is 2.70. The zero-order chi connectivity index (χ0) is 20.7. The van der Waals surface area contributed by atoms with Crippen LogP contribution in [0.1, 0.15) is 26.3 Å². The quantitative estimate of drug-likeness (QED) is 0.601. The molecular formula is C20H25BrN2O4S. The van der Waals surface area contributed by atoms with Gasteiger partial charge in [0, 0.05) is 18.8 Å².